The van der Waals surface area contributed by atoms with Gasteiger partial charge in [0.2, 0.25) is 5.91 Å². The maximum Gasteiger partial charge on any atom is 0.231 e. The molecule has 1 amide bonds. The maximum absolute atomic E-state index is 11.4. The monoisotopic (exact) mass is 519 g/mol. The third kappa shape index (κ3) is 5.80. The number of methoxy groups -OCH3 is 1. The van der Waals surface area contributed by atoms with Crippen molar-refractivity contribution >= 4 is 11.7 Å². The summed E-state index contributed by atoms with van der Waals surface area (Å²) in [5.74, 6) is 2.67. The molecule has 1 fully saturated rings. The van der Waals surface area contributed by atoms with Crippen molar-refractivity contribution in [3.8, 4) is 11.5 Å². The van der Waals surface area contributed by atoms with E-state index in [1.165, 1.54) is 5.56 Å². The summed E-state index contributed by atoms with van der Waals surface area (Å²) in [7, 11) is 1.68. The van der Waals surface area contributed by atoms with Gasteiger partial charge in [-0.05, 0) is 68.5 Å². The Balaban J connectivity index is 1.74. The first-order chi connectivity index (χ1) is 18.1. The second-order valence-corrected chi connectivity index (χ2v) is 10.6. The van der Waals surface area contributed by atoms with E-state index in [1.807, 2.05) is 17.2 Å². The molecule has 0 bridgehead atoms. The Labute approximate surface area is 226 Å². The SMILES string of the molecule is COc1ccc(C)c(C2N=C(N3CCN(CC(N)=O)CC3)C(C)=C(C)N2Oc2cc(C(C)C)ccc2C)c1. The zero-order valence-electron chi connectivity index (χ0n) is 23.7. The highest BCUT2D eigenvalue weighted by atomic mass is 16.7. The molecule has 8 heteroatoms. The molecule has 38 heavy (non-hydrogen) atoms. The van der Waals surface area contributed by atoms with Crippen molar-refractivity contribution in [1.82, 2.24) is 14.9 Å². The Kier molecular flexibility index (Phi) is 8.31. The zero-order valence-corrected chi connectivity index (χ0v) is 23.7. The van der Waals surface area contributed by atoms with E-state index in [0.717, 1.165) is 71.5 Å². The van der Waals surface area contributed by atoms with Gasteiger partial charge in [0.05, 0.1) is 19.4 Å². The van der Waals surface area contributed by atoms with E-state index in [0.29, 0.717) is 5.92 Å². The number of piperazine rings is 1. The smallest absolute Gasteiger partial charge is 0.231 e. The topological polar surface area (TPSA) is 83.6 Å². The Morgan fingerprint density at radius 2 is 1.71 bits per heavy atom. The number of rotatable bonds is 7. The number of allylic oxidation sites excluding steroid dienone is 1. The number of hydroxylamine groups is 2. The fourth-order valence-electron chi connectivity index (χ4n) is 4.95. The van der Waals surface area contributed by atoms with Crippen molar-refractivity contribution in [2.75, 3.05) is 39.8 Å². The van der Waals surface area contributed by atoms with Gasteiger partial charge in [0.1, 0.15) is 11.6 Å². The molecule has 2 aliphatic rings. The van der Waals surface area contributed by atoms with Gasteiger partial charge in [-0.3, -0.25) is 9.69 Å². The molecule has 1 unspecified atom stereocenters. The molecule has 2 aromatic carbocycles. The molecular weight excluding hydrogens is 478 g/mol. The molecule has 204 valence electrons. The first-order valence-electron chi connectivity index (χ1n) is 13.3. The molecule has 8 nitrogen and oxygen atoms in total. The van der Waals surface area contributed by atoms with Crippen LogP contribution >= 0.6 is 0 Å². The number of primary amides is 1. The lowest BCUT2D eigenvalue weighted by Crippen LogP contribution is -2.52. The second-order valence-electron chi connectivity index (χ2n) is 10.6. The van der Waals surface area contributed by atoms with Crippen LogP contribution < -0.4 is 15.3 Å². The van der Waals surface area contributed by atoms with Gasteiger partial charge < -0.3 is 20.2 Å². The lowest BCUT2D eigenvalue weighted by atomic mass is 10.0. The number of carbonyl (C=O) groups is 1. The van der Waals surface area contributed by atoms with Gasteiger partial charge in [0.15, 0.2) is 11.9 Å². The van der Waals surface area contributed by atoms with E-state index < -0.39 is 6.17 Å². The van der Waals surface area contributed by atoms with Gasteiger partial charge in [0, 0.05) is 37.3 Å². The minimum Gasteiger partial charge on any atom is -0.497 e. The second kappa shape index (κ2) is 11.5. The number of amidine groups is 1. The van der Waals surface area contributed by atoms with Gasteiger partial charge >= 0.3 is 0 Å². The number of benzene rings is 2. The fourth-order valence-corrected chi connectivity index (χ4v) is 4.95. The van der Waals surface area contributed by atoms with Crippen LogP contribution in [0.3, 0.4) is 0 Å². The third-order valence-corrected chi connectivity index (χ3v) is 7.57. The van der Waals surface area contributed by atoms with Crippen LogP contribution in [0.1, 0.15) is 62.0 Å². The van der Waals surface area contributed by atoms with Gasteiger partial charge in [-0.15, -0.1) is 0 Å². The normalized spacial score (nSPS) is 18.6. The van der Waals surface area contributed by atoms with Crippen molar-refractivity contribution < 1.29 is 14.4 Å². The van der Waals surface area contributed by atoms with Gasteiger partial charge in [-0.1, -0.05) is 32.0 Å². The first kappa shape index (κ1) is 27.5. The number of aryl methyl sites for hydroxylation is 2. The van der Waals surface area contributed by atoms with Gasteiger partial charge in [-0.2, -0.15) is 5.06 Å². The number of amides is 1. The molecule has 4 rings (SSSR count). The van der Waals surface area contributed by atoms with E-state index in [1.54, 1.807) is 7.11 Å². The van der Waals surface area contributed by atoms with Crippen LogP contribution in [-0.2, 0) is 4.79 Å². The minimum atomic E-state index is -0.394. The average Bonchev–Trinajstić information content (AvgIpc) is 2.88. The third-order valence-electron chi connectivity index (χ3n) is 7.57. The molecule has 2 N–H and O–H groups in total. The Hall–Kier alpha value is -3.52. The average molecular weight is 520 g/mol. The van der Waals surface area contributed by atoms with Crippen LogP contribution in [0.2, 0.25) is 0 Å². The van der Waals surface area contributed by atoms with E-state index in [-0.39, 0.29) is 12.5 Å². The summed E-state index contributed by atoms with van der Waals surface area (Å²) in [4.78, 5) is 27.8. The molecule has 0 aliphatic carbocycles. The molecule has 0 radical (unpaired) electrons. The number of aliphatic imine (C=N–C) groups is 1. The standard InChI is InChI=1S/C30H41N5O3/c1-19(2)24-10-8-21(4)27(16-24)38-35-23(6)22(5)29(34-14-12-33(13-15-34)18-28(31)36)32-30(35)26-17-25(37-7)11-9-20(26)3/h8-11,16-17,19,30H,12-15,18H2,1-7H3,(H2,31,36). The molecule has 0 spiro atoms. The molecule has 2 aromatic rings. The molecule has 2 heterocycles. The number of hydrogen-bond donors (Lipinski definition) is 1. The number of ether oxygens (including phenoxy) is 1. The van der Waals surface area contributed by atoms with Crippen molar-refractivity contribution in [3.05, 3.63) is 69.9 Å². The molecular formula is C30H41N5O3. The highest BCUT2D eigenvalue weighted by Gasteiger charge is 2.34. The largest absolute Gasteiger partial charge is 0.497 e. The number of hydrogen-bond acceptors (Lipinski definition) is 7. The zero-order chi connectivity index (χ0) is 27.6. The van der Waals surface area contributed by atoms with Crippen LogP contribution in [0.25, 0.3) is 0 Å². The Morgan fingerprint density at radius 3 is 2.34 bits per heavy atom. The predicted octanol–water partition coefficient (Wildman–Crippen LogP) is 4.54. The maximum atomic E-state index is 11.4. The molecule has 2 aliphatic heterocycles. The lowest BCUT2D eigenvalue weighted by molar-refractivity contribution is -0.119. The quantitative estimate of drug-likeness (QED) is 0.578. The Bertz CT molecular complexity index is 1240. The van der Waals surface area contributed by atoms with Crippen molar-refractivity contribution in [3.63, 3.8) is 0 Å². The van der Waals surface area contributed by atoms with E-state index in [4.69, 9.17) is 20.3 Å². The van der Waals surface area contributed by atoms with Crippen molar-refractivity contribution in [2.45, 2.75) is 53.6 Å². The van der Waals surface area contributed by atoms with Crippen LogP contribution in [0.5, 0.6) is 11.5 Å². The molecule has 0 aromatic heterocycles. The molecule has 1 saturated heterocycles. The molecule has 0 saturated carbocycles. The predicted molar refractivity (Wildman–Crippen MR) is 151 cm³/mol. The minimum absolute atomic E-state index is 0.288. The van der Waals surface area contributed by atoms with Crippen molar-refractivity contribution in [2.24, 2.45) is 10.7 Å². The summed E-state index contributed by atoms with van der Waals surface area (Å²) in [6.45, 7) is 16.1. The van der Waals surface area contributed by atoms with Crippen LogP contribution in [0.4, 0.5) is 0 Å². The van der Waals surface area contributed by atoms with Crippen molar-refractivity contribution in [1.29, 1.82) is 0 Å². The summed E-state index contributed by atoms with van der Waals surface area (Å²) < 4.78 is 5.58. The fraction of sp³-hybridized carbons (Fsp3) is 0.467. The lowest BCUT2D eigenvalue weighted by Gasteiger charge is -2.41. The molecule has 1 atom stereocenters. The Morgan fingerprint density at radius 1 is 1.03 bits per heavy atom. The summed E-state index contributed by atoms with van der Waals surface area (Å²) in [5, 5.41) is 1.94. The van der Waals surface area contributed by atoms with Crippen LogP contribution in [0, 0.1) is 13.8 Å². The highest BCUT2D eigenvalue weighted by molar-refractivity contribution is 5.99. The summed E-state index contributed by atoms with van der Waals surface area (Å²) >= 11 is 0. The number of nitrogens with two attached hydrogens (primary N) is 1. The summed E-state index contributed by atoms with van der Waals surface area (Å²) in [6.07, 6.45) is -0.394. The number of carbonyl (C=O) groups excluding carboxylic acids is 1. The summed E-state index contributed by atoms with van der Waals surface area (Å²) in [5.41, 5.74) is 11.9. The summed E-state index contributed by atoms with van der Waals surface area (Å²) in [6, 6.07) is 12.5. The van der Waals surface area contributed by atoms with E-state index in [2.05, 4.69) is 75.6 Å². The van der Waals surface area contributed by atoms with E-state index in [9.17, 15) is 4.79 Å². The van der Waals surface area contributed by atoms with Gasteiger partial charge in [-0.25, -0.2) is 4.99 Å². The van der Waals surface area contributed by atoms with E-state index >= 15 is 0 Å². The number of nitrogens with zero attached hydrogens (tertiary/aromatic N) is 4. The highest BCUT2D eigenvalue weighted by Crippen LogP contribution is 2.38. The van der Waals surface area contributed by atoms with Gasteiger partial charge in [0.25, 0.3) is 0 Å². The van der Waals surface area contributed by atoms with Crippen LogP contribution in [0.15, 0.2) is 52.7 Å². The van der Waals surface area contributed by atoms with Crippen LogP contribution in [-0.4, -0.2) is 66.4 Å². The first-order valence-corrected chi connectivity index (χ1v) is 13.3.